The number of nitrogens with one attached hydrogen (secondary N) is 1. The molecule has 0 saturated heterocycles. The Balaban J connectivity index is 1.97. The Kier molecular flexibility index (Phi) is 3.86. The molecule has 2 aromatic rings. The van der Waals surface area contributed by atoms with E-state index in [0.717, 1.165) is 5.56 Å². The molecule has 2 heterocycles. The summed E-state index contributed by atoms with van der Waals surface area (Å²) >= 11 is 1.28. The number of pyridine rings is 1. The zero-order chi connectivity index (χ0) is 13.8. The van der Waals surface area contributed by atoms with Crippen LogP contribution in [0.5, 0.6) is 0 Å². The molecular weight excluding hydrogens is 266 g/mol. The van der Waals surface area contributed by atoms with E-state index in [0.29, 0.717) is 17.1 Å². The highest BCUT2D eigenvalue weighted by molar-refractivity contribution is 7.11. The fourth-order valence-corrected chi connectivity index (χ4v) is 2.16. The second-order valence-electron chi connectivity index (χ2n) is 3.81. The summed E-state index contributed by atoms with van der Waals surface area (Å²) in [6.45, 7) is 2.07. The van der Waals surface area contributed by atoms with Crippen LogP contribution in [0.25, 0.3) is 0 Å². The van der Waals surface area contributed by atoms with Crippen molar-refractivity contribution in [3.8, 4) is 0 Å². The lowest BCUT2D eigenvalue weighted by Crippen LogP contribution is -2.22. The Morgan fingerprint density at radius 1 is 1.37 bits per heavy atom. The quantitative estimate of drug-likeness (QED) is 0.883. The minimum atomic E-state index is -1.07. The zero-order valence-corrected chi connectivity index (χ0v) is 10.9. The van der Waals surface area contributed by atoms with Gasteiger partial charge in [-0.3, -0.25) is 4.79 Å². The first-order chi connectivity index (χ1) is 9.08. The van der Waals surface area contributed by atoms with Crippen LogP contribution in [-0.2, 0) is 6.54 Å². The minimum Gasteiger partial charge on any atom is -0.477 e. The van der Waals surface area contributed by atoms with E-state index in [2.05, 4.69) is 15.3 Å². The third kappa shape index (κ3) is 3.14. The summed E-state index contributed by atoms with van der Waals surface area (Å²) in [5.74, 6) is -1.27. The van der Waals surface area contributed by atoms with Gasteiger partial charge in [0.15, 0.2) is 0 Å². The summed E-state index contributed by atoms with van der Waals surface area (Å²) in [6, 6.07) is 3.03. The van der Waals surface area contributed by atoms with Gasteiger partial charge in [0.25, 0.3) is 5.91 Å². The van der Waals surface area contributed by atoms with E-state index in [-0.39, 0.29) is 11.6 Å². The van der Waals surface area contributed by atoms with Crippen LogP contribution in [0.3, 0.4) is 0 Å². The Labute approximate surface area is 113 Å². The van der Waals surface area contributed by atoms with Gasteiger partial charge in [-0.1, -0.05) is 6.07 Å². The van der Waals surface area contributed by atoms with Gasteiger partial charge in [0, 0.05) is 12.7 Å². The van der Waals surface area contributed by atoms with E-state index in [1.807, 2.05) is 0 Å². The van der Waals surface area contributed by atoms with Gasteiger partial charge in [-0.05, 0) is 18.6 Å². The summed E-state index contributed by atoms with van der Waals surface area (Å²) in [5, 5.41) is 11.4. The number of amides is 1. The monoisotopic (exact) mass is 277 g/mol. The van der Waals surface area contributed by atoms with Crippen molar-refractivity contribution in [3.05, 3.63) is 45.7 Å². The molecule has 2 aromatic heterocycles. The Morgan fingerprint density at radius 3 is 2.68 bits per heavy atom. The number of thiazole rings is 1. The molecule has 0 aromatic carbocycles. The molecule has 6 nitrogen and oxygen atoms in total. The van der Waals surface area contributed by atoms with Gasteiger partial charge in [-0.2, -0.15) is 0 Å². The van der Waals surface area contributed by atoms with Crippen molar-refractivity contribution in [1.29, 1.82) is 0 Å². The number of carbonyl (C=O) groups is 2. The molecule has 98 valence electrons. The summed E-state index contributed by atoms with van der Waals surface area (Å²) in [4.78, 5) is 30.8. The molecule has 0 bridgehead atoms. The maximum atomic E-state index is 11.8. The number of aromatic nitrogens is 2. The second-order valence-corrected chi connectivity index (χ2v) is 4.66. The first-order valence-corrected chi connectivity index (χ1v) is 6.32. The average Bonchev–Trinajstić information content (AvgIpc) is 2.83. The topological polar surface area (TPSA) is 92.2 Å². The van der Waals surface area contributed by atoms with Crippen LogP contribution in [0.15, 0.2) is 23.8 Å². The van der Waals surface area contributed by atoms with Crippen molar-refractivity contribution in [2.24, 2.45) is 0 Å². The second kappa shape index (κ2) is 5.57. The normalized spacial score (nSPS) is 10.2. The van der Waals surface area contributed by atoms with Gasteiger partial charge in [-0.15, -0.1) is 11.3 Å². The average molecular weight is 277 g/mol. The molecule has 0 aliphatic heterocycles. The van der Waals surface area contributed by atoms with E-state index in [1.54, 1.807) is 18.5 Å². The van der Waals surface area contributed by atoms with Crippen LogP contribution >= 0.6 is 11.3 Å². The number of aryl methyl sites for hydroxylation is 1. The molecule has 1 amide bonds. The lowest BCUT2D eigenvalue weighted by Gasteiger charge is -2.04. The third-order valence-corrected chi connectivity index (χ3v) is 3.38. The van der Waals surface area contributed by atoms with Crippen LogP contribution < -0.4 is 5.32 Å². The third-order valence-electron chi connectivity index (χ3n) is 2.45. The highest BCUT2D eigenvalue weighted by Gasteiger charge is 2.11. The number of rotatable bonds is 4. The number of carboxylic acids is 1. The molecule has 19 heavy (non-hydrogen) atoms. The van der Waals surface area contributed by atoms with Gasteiger partial charge >= 0.3 is 5.97 Å². The number of hydrogen-bond acceptors (Lipinski definition) is 5. The van der Waals surface area contributed by atoms with E-state index in [1.165, 1.54) is 23.6 Å². The molecule has 0 fully saturated rings. The van der Waals surface area contributed by atoms with Gasteiger partial charge < -0.3 is 10.4 Å². The summed E-state index contributed by atoms with van der Waals surface area (Å²) in [7, 11) is 0. The largest absolute Gasteiger partial charge is 0.477 e. The molecule has 0 spiro atoms. The summed E-state index contributed by atoms with van der Waals surface area (Å²) in [6.07, 6.45) is 1.43. The SMILES string of the molecule is Cc1ncsc1C(=O)NCc1ccc(C(=O)O)nc1. The van der Waals surface area contributed by atoms with Crippen LogP contribution in [0, 0.1) is 6.92 Å². The smallest absolute Gasteiger partial charge is 0.354 e. The Bertz CT molecular complexity index is 607. The summed E-state index contributed by atoms with van der Waals surface area (Å²) in [5.41, 5.74) is 3.03. The molecular formula is C12H11N3O3S. The maximum absolute atomic E-state index is 11.8. The van der Waals surface area contributed by atoms with Gasteiger partial charge in [0.2, 0.25) is 0 Å². The molecule has 0 unspecified atom stereocenters. The van der Waals surface area contributed by atoms with Gasteiger partial charge in [0.05, 0.1) is 11.2 Å². The van der Waals surface area contributed by atoms with Crippen LogP contribution in [-0.4, -0.2) is 27.0 Å². The first-order valence-electron chi connectivity index (χ1n) is 5.44. The number of carbonyl (C=O) groups excluding carboxylic acids is 1. The van der Waals surface area contributed by atoms with Crippen molar-refractivity contribution in [2.45, 2.75) is 13.5 Å². The van der Waals surface area contributed by atoms with Gasteiger partial charge in [-0.25, -0.2) is 14.8 Å². The predicted octanol–water partition coefficient (Wildman–Crippen LogP) is 1.47. The molecule has 0 aliphatic rings. The molecule has 2 rings (SSSR count). The van der Waals surface area contributed by atoms with Crippen molar-refractivity contribution >= 4 is 23.2 Å². The van der Waals surface area contributed by atoms with E-state index >= 15 is 0 Å². The number of aromatic carboxylic acids is 1. The van der Waals surface area contributed by atoms with Crippen molar-refractivity contribution in [3.63, 3.8) is 0 Å². The minimum absolute atomic E-state index is 0.0200. The Hall–Kier alpha value is -2.28. The Morgan fingerprint density at radius 2 is 2.16 bits per heavy atom. The molecule has 0 aliphatic carbocycles. The summed E-state index contributed by atoms with van der Waals surface area (Å²) < 4.78 is 0. The molecule has 0 atom stereocenters. The van der Waals surface area contributed by atoms with Crippen molar-refractivity contribution < 1.29 is 14.7 Å². The fourth-order valence-electron chi connectivity index (χ4n) is 1.44. The van der Waals surface area contributed by atoms with Gasteiger partial charge in [0.1, 0.15) is 10.6 Å². The number of hydrogen-bond donors (Lipinski definition) is 2. The van der Waals surface area contributed by atoms with E-state index in [4.69, 9.17) is 5.11 Å². The van der Waals surface area contributed by atoms with Crippen LogP contribution in [0.2, 0.25) is 0 Å². The molecule has 0 saturated carbocycles. The predicted molar refractivity (Wildman–Crippen MR) is 69.2 cm³/mol. The molecule has 2 N–H and O–H groups in total. The fraction of sp³-hybridized carbons (Fsp3) is 0.167. The van der Waals surface area contributed by atoms with Crippen LogP contribution in [0.1, 0.15) is 31.4 Å². The van der Waals surface area contributed by atoms with E-state index in [9.17, 15) is 9.59 Å². The highest BCUT2D eigenvalue weighted by atomic mass is 32.1. The van der Waals surface area contributed by atoms with Crippen LogP contribution in [0.4, 0.5) is 0 Å². The maximum Gasteiger partial charge on any atom is 0.354 e. The zero-order valence-electron chi connectivity index (χ0n) is 10.1. The lowest BCUT2D eigenvalue weighted by atomic mass is 10.2. The standard InChI is InChI=1S/C12H11N3O3S/c1-7-10(19-6-15-7)11(16)14-5-8-2-3-9(12(17)18)13-4-8/h2-4,6H,5H2,1H3,(H,14,16)(H,17,18). The molecule has 0 radical (unpaired) electrons. The highest BCUT2D eigenvalue weighted by Crippen LogP contribution is 2.11. The number of carboxylic acid groups (broad SMARTS) is 1. The first kappa shape index (κ1) is 13.2. The number of nitrogens with zero attached hydrogens (tertiary/aromatic N) is 2. The lowest BCUT2D eigenvalue weighted by molar-refractivity contribution is 0.0690. The van der Waals surface area contributed by atoms with E-state index < -0.39 is 5.97 Å². The molecule has 7 heteroatoms. The van der Waals surface area contributed by atoms with Crippen molar-refractivity contribution in [2.75, 3.05) is 0 Å². The van der Waals surface area contributed by atoms with Crippen molar-refractivity contribution in [1.82, 2.24) is 15.3 Å².